The van der Waals surface area contributed by atoms with Crippen LogP contribution in [0.25, 0.3) is 11.4 Å². The molecular weight excluding hydrogens is 330 g/mol. The van der Waals surface area contributed by atoms with Gasteiger partial charge in [-0.25, -0.2) is 9.97 Å². The number of rotatable bonds is 6. The molecule has 1 aromatic heterocycles. The molecule has 0 saturated carbocycles. The molecule has 0 unspecified atom stereocenters. The molecular formula is C20H21N3O3. The molecule has 0 saturated heterocycles. The third-order valence-corrected chi connectivity index (χ3v) is 4.05. The molecule has 0 aliphatic heterocycles. The SMILES string of the molecule is COc1cc(Cc2cnc(-c3ccccc3)nc2N)cc(OC)c1OC. The summed E-state index contributed by atoms with van der Waals surface area (Å²) in [6.07, 6.45) is 2.31. The number of methoxy groups -OCH3 is 3. The molecule has 6 nitrogen and oxygen atoms in total. The zero-order valence-electron chi connectivity index (χ0n) is 15.0. The van der Waals surface area contributed by atoms with Crippen LogP contribution < -0.4 is 19.9 Å². The van der Waals surface area contributed by atoms with E-state index in [1.54, 1.807) is 27.5 Å². The molecule has 6 heteroatoms. The lowest BCUT2D eigenvalue weighted by molar-refractivity contribution is 0.324. The molecule has 3 aromatic rings. The number of anilines is 1. The van der Waals surface area contributed by atoms with Crippen LogP contribution in [0, 0.1) is 0 Å². The molecule has 0 aliphatic rings. The predicted molar refractivity (Wildman–Crippen MR) is 101 cm³/mol. The van der Waals surface area contributed by atoms with Crippen LogP contribution in [0.2, 0.25) is 0 Å². The number of aromatic nitrogens is 2. The Kier molecular flexibility index (Phi) is 5.22. The monoisotopic (exact) mass is 351 g/mol. The normalized spacial score (nSPS) is 10.4. The highest BCUT2D eigenvalue weighted by molar-refractivity contribution is 5.59. The van der Waals surface area contributed by atoms with Crippen molar-refractivity contribution < 1.29 is 14.2 Å². The molecule has 0 atom stereocenters. The summed E-state index contributed by atoms with van der Waals surface area (Å²) in [5, 5.41) is 0. The van der Waals surface area contributed by atoms with E-state index in [0.717, 1.165) is 16.7 Å². The van der Waals surface area contributed by atoms with Crippen molar-refractivity contribution in [2.45, 2.75) is 6.42 Å². The third kappa shape index (κ3) is 3.54. The summed E-state index contributed by atoms with van der Waals surface area (Å²) in [5.41, 5.74) is 8.89. The smallest absolute Gasteiger partial charge is 0.203 e. The van der Waals surface area contributed by atoms with E-state index in [1.165, 1.54) is 0 Å². The summed E-state index contributed by atoms with van der Waals surface area (Å²) >= 11 is 0. The van der Waals surface area contributed by atoms with Crippen molar-refractivity contribution >= 4 is 5.82 Å². The summed E-state index contributed by atoms with van der Waals surface area (Å²) in [5.74, 6) is 2.82. The number of hydrogen-bond acceptors (Lipinski definition) is 6. The number of hydrogen-bond donors (Lipinski definition) is 1. The van der Waals surface area contributed by atoms with E-state index in [2.05, 4.69) is 9.97 Å². The number of benzene rings is 2. The number of ether oxygens (including phenoxy) is 3. The van der Waals surface area contributed by atoms with E-state index in [9.17, 15) is 0 Å². The van der Waals surface area contributed by atoms with Gasteiger partial charge in [0.15, 0.2) is 17.3 Å². The first-order valence-electron chi connectivity index (χ1n) is 8.12. The van der Waals surface area contributed by atoms with Crippen molar-refractivity contribution in [1.82, 2.24) is 9.97 Å². The van der Waals surface area contributed by atoms with Gasteiger partial charge in [-0.1, -0.05) is 30.3 Å². The van der Waals surface area contributed by atoms with Crippen LogP contribution in [0.15, 0.2) is 48.7 Å². The van der Waals surface area contributed by atoms with E-state index >= 15 is 0 Å². The minimum absolute atomic E-state index is 0.451. The molecule has 0 bridgehead atoms. The molecule has 2 N–H and O–H groups in total. The lowest BCUT2D eigenvalue weighted by Crippen LogP contribution is -2.03. The van der Waals surface area contributed by atoms with E-state index in [1.807, 2.05) is 42.5 Å². The second kappa shape index (κ2) is 7.74. The Morgan fingerprint density at radius 1 is 0.923 bits per heavy atom. The number of nitrogens with two attached hydrogens (primary N) is 1. The lowest BCUT2D eigenvalue weighted by Gasteiger charge is -2.14. The van der Waals surface area contributed by atoms with Crippen LogP contribution in [0.1, 0.15) is 11.1 Å². The van der Waals surface area contributed by atoms with Crippen LogP contribution in [0.4, 0.5) is 5.82 Å². The maximum Gasteiger partial charge on any atom is 0.203 e. The van der Waals surface area contributed by atoms with Crippen molar-refractivity contribution in [2.75, 3.05) is 27.1 Å². The van der Waals surface area contributed by atoms with Crippen molar-refractivity contribution in [3.63, 3.8) is 0 Å². The van der Waals surface area contributed by atoms with Crippen LogP contribution in [-0.4, -0.2) is 31.3 Å². The highest BCUT2D eigenvalue weighted by Gasteiger charge is 2.15. The van der Waals surface area contributed by atoms with Crippen LogP contribution >= 0.6 is 0 Å². The average Bonchev–Trinajstić information content (AvgIpc) is 2.69. The standard InChI is InChI=1S/C20H21N3O3/c1-24-16-10-13(11-17(25-2)18(16)26-3)9-15-12-22-20(23-19(15)21)14-7-5-4-6-8-14/h4-8,10-12H,9H2,1-3H3,(H2,21,22,23). The minimum Gasteiger partial charge on any atom is -0.493 e. The fraction of sp³-hybridized carbons (Fsp3) is 0.200. The van der Waals surface area contributed by atoms with E-state index in [-0.39, 0.29) is 0 Å². The van der Waals surface area contributed by atoms with Crippen LogP contribution in [0.3, 0.4) is 0 Å². The highest BCUT2D eigenvalue weighted by Crippen LogP contribution is 2.38. The van der Waals surface area contributed by atoms with Gasteiger partial charge in [-0.05, 0) is 17.7 Å². The first-order chi connectivity index (χ1) is 12.7. The Bertz CT molecular complexity index is 873. The number of nitrogen functional groups attached to an aromatic ring is 1. The zero-order valence-corrected chi connectivity index (χ0v) is 15.0. The molecule has 0 aliphatic carbocycles. The molecule has 3 rings (SSSR count). The molecule has 0 amide bonds. The number of nitrogens with zero attached hydrogens (tertiary/aromatic N) is 2. The Balaban J connectivity index is 1.92. The van der Waals surface area contributed by atoms with E-state index in [0.29, 0.717) is 35.3 Å². The summed E-state index contributed by atoms with van der Waals surface area (Å²) in [6.45, 7) is 0. The highest BCUT2D eigenvalue weighted by atomic mass is 16.5. The van der Waals surface area contributed by atoms with Gasteiger partial charge in [0.05, 0.1) is 21.3 Å². The maximum atomic E-state index is 6.17. The van der Waals surface area contributed by atoms with Crippen LogP contribution in [0.5, 0.6) is 17.2 Å². The Morgan fingerprint density at radius 2 is 1.58 bits per heavy atom. The Hall–Kier alpha value is -3.28. The topological polar surface area (TPSA) is 79.5 Å². The molecule has 0 spiro atoms. The van der Waals surface area contributed by atoms with Gasteiger partial charge < -0.3 is 19.9 Å². The third-order valence-electron chi connectivity index (χ3n) is 4.05. The fourth-order valence-corrected chi connectivity index (χ4v) is 2.74. The summed E-state index contributed by atoms with van der Waals surface area (Å²) < 4.78 is 16.1. The lowest BCUT2D eigenvalue weighted by atomic mass is 10.1. The van der Waals surface area contributed by atoms with Gasteiger partial charge in [0, 0.05) is 23.7 Å². The summed E-state index contributed by atoms with van der Waals surface area (Å²) in [6, 6.07) is 13.5. The zero-order chi connectivity index (χ0) is 18.5. The van der Waals surface area contributed by atoms with Crippen molar-refractivity contribution in [3.8, 4) is 28.6 Å². The van der Waals surface area contributed by atoms with Gasteiger partial charge in [-0.2, -0.15) is 0 Å². The van der Waals surface area contributed by atoms with Crippen molar-refractivity contribution in [2.24, 2.45) is 0 Å². The van der Waals surface area contributed by atoms with Gasteiger partial charge in [0.25, 0.3) is 0 Å². The second-order valence-electron chi connectivity index (χ2n) is 5.68. The Morgan fingerprint density at radius 3 is 2.12 bits per heavy atom. The quantitative estimate of drug-likeness (QED) is 0.734. The van der Waals surface area contributed by atoms with E-state index < -0.39 is 0 Å². The molecule has 26 heavy (non-hydrogen) atoms. The van der Waals surface area contributed by atoms with Crippen molar-refractivity contribution in [3.05, 3.63) is 59.8 Å². The molecule has 0 fully saturated rings. The molecule has 1 heterocycles. The van der Waals surface area contributed by atoms with Crippen molar-refractivity contribution in [1.29, 1.82) is 0 Å². The maximum absolute atomic E-state index is 6.17. The van der Waals surface area contributed by atoms with E-state index in [4.69, 9.17) is 19.9 Å². The second-order valence-corrected chi connectivity index (χ2v) is 5.68. The molecule has 2 aromatic carbocycles. The van der Waals surface area contributed by atoms with Gasteiger partial charge in [0.2, 0.25) is 5.75 Å². The first-order valence-corrected chi connectivity index (χ1v) is 8.12. The minimum atomic E-state index is 0.451. The Labute approximate surface area is 152 Å². The van der Waals surface area contributed by atoms with Gasteiger partial charge in [-0.3, -0.25) is 0 Å². The van der Waals surface area contributed by atoms with Gasteiger partial charge in [0.1, 0.15) is 5.82 Å². The average molecular weight is 351 g/mol. The van der Waals surface area contributed by atoms with Crippen LogP contribution in [-0.2, 0) is 6.42 Å². The summed E-state index contributed by atoms with van der Waals surface area (Å²) in [7, 11) is 4.76. The first kappa shape index (κ1) is 17.5. The molecule has 0 radical (unpaired) electrons. The predicted octanol–water partition coefficient (Wildman–Crippen LogP) is 3.34. The largest absolute Gasteiger partial charge is 0.493 e. The summed E-state index contributed by atoms with van der Waals surface area (Å²) in [4.78, 5) is 8.88. The fourth-order valence-electron chi connectivity index (χ4n) is 2.74. The van der Waals surface area contributed by atoms with Gasteiger partial charge >= 0.3 is 0 Å². The molecule has 134 valence electrons. The van der Waals surface area contributed by atoms with Gasteiger partial charge in [-0.15, -0.1) is 0 Å².